The van der Waals surface area contributed by atoms with Crippen LogP contribution in [0.1, 0.15) is 32.8 Å². The molecular formula is C16H28N4O. The van der Waals surface area contributed by atoms with Crippen molar-refractivity contribution in [2.45, 2.75) is 33.7 Å². The molecule has 0 bridgehead atoms. The van der Waals surface area contributed by atoms with Crippen LogP contribution in [0.5, 0.6) is 0 Å². The minimum absolute atomic E-state index is 0.361. The molecular weight excluding hydrogens is 264 g/mol. The van der Waals surface area contributed by atoms with E-state index in [-0.39, 0.29) is 0 Å². The second-order valence-electron chi connectivity index (χ2n) is 6.86. The molecule has 0 aromatic carbocycles. The Labute approximate surface area is 128 Å². The average molecular weight is 292 g/mol. The van der Waals surface area contributed by atoms with Crippen molar-refractivity contribution in [3.8, 4) is 0 Å². The van der Waals surface area contributed by atoms with E-state index in [4.69, 9.17) is 4.74 Å². The highest BCUT2D eigenvalue weighted by atomic mass is 16.5. The van der Waals surface area contributed by atoms with Gasteiger partial charge in [-0.3, -0.25) is 0 Å². The maximum atomic E-state index is 5.00. The Morgan fingerprint density at radius 1 is 1.33 bits per heavy atom. The van der Waals surface area contributed by atoms with Gasteiger partial charge in [0.1, 0.15) is 0 Å². The first-order valence-corrected chi connectivity index (χ1v) is 7.76. The molecule has 21 heavy (non-hydrogen) atoms. The second-order valence-corrected chi connectivity index (χ2v) is 6.86. The smallest absolute Gasteiger partial charge is 0.225 e. The molecule has 1 aliphatic rings. The Bertz CT molecular complexity index is 427. The highest BCUT2D eigenvalue weighted by Gasteiger charge is 2.32. The van der Waals surface area contributed by atoms with Crippen LogP contribution in [0.3, 0.4) is 0 Å². The predicted molar refractivity (Wildman–Crippen MR) is 85.4 cm³/mol. The minimum atomic E-state index is 0.361. The quantitative estimate of drug-likeness (QED) is 0.814. The summed E-state index contributed by atoms with van der Waals surface area (Å²) in [7, 11) is 1.71. The third-order valence-electron chi connectivity index (χ3n) is 4.20. The van der Waals surface area contributed by atoms with Crippen molar-refractivity contribution < 1.29 is 4.74 Å². The van der Waals surface area contributed by atoms with Gasteiger partial charge in [-0.25, -0.2) is 9.97 Å². The van der Waals surface area contributed by atoms with Crippen molar-refractivity contribution in [3.05, 3.63) is 18.0 Å². The zero-order valence-electron chi connectivity index (χ0n) is 13.7. The third-order valence-corrected chi connectivity index (χ3v) is 4.20. The van der Waals surface area contributed by atoms with Gasteiger partial charge < -0.3 is 15.0 Å². The van der Waals surface area contributed by atoms with Crippen LogP contribution in [0.25, 0.3) is 0 Å². The Morgan fingerprint density at radius 2 is 2.05 bits per heavy atom. The van der Waals surface area contributed by atoms with Crippen LogP contribution in [0, 0.1) is 11.3 Å². The van der Waals surface area contributed by atoms with Crippen LogP contribution in [-0.4, -0.2) is 43.3 Å². The summed E-state index contributed by atoms with van der Waals surface area (Å²) in [5.74, 6) is 1.58. The van der Waals surface area contributed by atoms with E-state index in [0.29, 0.717) is 5.41 Å². The van der Waals surface area contributed by atoms with Gasteiger partial charge in [0, 0.05) is 51.2 Å². The summed E-state index contributed by atoms with van der Waals surface area (Å²) in [5, 5.41) is 3.30. The average Bonchev–Trinajstić information content (AvgIpc) is 2.94. The molecule has 1 unspecified atom stereocenters. The monoisotopic (exact) mass is 292 g/mol. The molecule has 0 spiro atoms. The molecule has 118 valence electrons. The van der Waals surface area contributed by atoms with E-state index in [2.05, 4.69) is 41.0 Å². The molecule has 1 atom stereocenters. The molecule has 5 heteroatoms. The lowest BCUT2D eigenvalue weighted by Crippen LogP contribution is -2.27. The molecule has 0 aliphatic carbocycles. The number of ether oxygens (including phenoxy) is 1. The lowest BCUT2D eigenvalue weighted by Gasteiger charge is -2.26. The Hall–Kier alpha value is -1.20. The molecule has 1 fully saturated rings. The zero-order valence-corrected chi connectivity index (χ0v) is 13.7. The minimum Gasteiger partial charge on any atom is -0.383 e. The lowest BCUT2D eigenvalue weighted by atomic mass is 9.80. The maximum Gasteiger partial charge on any atom is 0.225 e. The summed E-state index contributed by atoms with van der Waals surface area (Å²) in [6.45, 7) is 11.4. The summed E-state index contributed by atoms with van der Waals surface area (Å²) in [6.07, 6.45) is 5.08. The molecule has 1 aromatic rings. The summed E-state index contributed by atoms with van der Waals surface area (Å²) < 4.78 is 5.00. The van der Waals surface area contributed by atoms with Crippen LogP contribution >= 0.6 is 0 Å². The van der Waals surface area contributed by atoms with E-state index in [1.807, 2.05) is 12.4 Å². The highest BCUT2D eigenvalue weighted by molar-refractivity contribution is 5.32. The van der Waals surface area contributed by atoms with Gasteiger partial charge in [0.15, 0.2) is 0 Å². The number of aromatic nitrogens is 2. The van der Waals surface area contributed by atoms with E-state index < -0.39 is 0 Å². The zero-order chi connectivity index (χ0) is 15.3. The van der Waals surface area contributed by atoms with Gasteiger partial charge >= 0.3 is 0 Å². The van der Waals surface area contributed by atoms with Gasteiger partial charge in [0.05, 0.1) is 6.61 Å². The number of nitrogens with one attached hydrogen (secondary N) is 1. The Morgan fingerprint density at radius 3 is 2.62 bits per heavy atom. The number of hydrogen-bond donors (Lipinski definition) is 1. The standard InChI is InChI=1S/C16H28N4O/c1-16(2,3)14-5-7-20(12-14)15-18-10-13(11-19-15)9-17-6-8-21-4/h10-11,14,17H,5-9,12H2,1-4H3. The fourth-order valence-corrected chi connectivity index (χ4v) is 2.66. The molecule has 0 radical (unpaired) electrons. The van der Waals surface area contributed by atoms with Crippen LogP contribution in [0.2, 0.25) is 0 Å². The fourth-order valence-electron chi connectivity index (χ4n) is 2.66. The number of anilines is 1. The first kappa shape index (κ1) is 16.2. The number of hydrogen-bond acceptors (Lipinski definition) is 5. The Balaban J connectivity index is 1.85. The van der Waals surface area contributed by atoms with E-state index in [0.717, 1.165) is 50.2 Å². The van der Waals surface area contributed by atoms with Crippen molar-refractivity contribution in [2.24, 2.45) is 11.3 Å². The topological polar surface area (TPSA) is 50.3 Å². The number of methoxy groups -OCH3 is 1. The lowest BCUT2D eigenvalue weighted by molar-refractivity contribution is 0.199. The van der Waals surface area contributed by atoms with E-state index in [9.17, 15) is 0 Å². The fraction of sp³-hybridized carbons (Fsp3) is 0.750. The molecule has 1 aromatic heterocycles. The van der Waals surface area contributed by atoms with Crippen molar-refractivity contribution in [3.63, 3.8) is 0 Å². The van der Waals surface area contributed by atoms with Crippen LogP contribution in [0.4, 0.5) is 5.95 Å². The van der Waals surface area contributed by atoms with Crippen molar-refractivity contribution in [2.75, 3.05) is 38.3 Å². The molecule has 0 saturated carbocycles. The summed E-state index contributed by atoms with van der Waals surface area (Å²) >= 11 is 0. The van der Waals surface area contributed by atoms with Crippen LogP contribution in [0.15, 0.2) is 12.4 Å². The van der Waals surface area contributed by atoms with E-state index in [1.165, 1.54) is 6.42 Å². The van der Waals surface area contributed by atoms with Gasteiger partial charge in [-0.05, 0) is 17.8 Å². The van der Waals surface area contributed by atoms with Gasteiger partial charge in [-0.15, -0.1) is 0 Å². The molecule has 1 N–H and O–H groups in total. The molecule has 0 amide bonds. The van der Waals surface area contributed by atoms with Gasteiger partial charge in [0.2, 0.25) is 5.95 Å². The molecule has 1 aliphatic heterocycles. The Kier molecular flexibility index (Phi) is 5.53. The predicted octanol–water partition coefficient (Wildman–Crippen LogP) is 2.08. The third kappa shape index (κ3) is 4.64. The van der Waals surface area contributed by atoms with Gasteiger partial charge in [0.25, 0.3) is 0 Å². The maximum absolute atomic E-state index is 5.00. The second kappa shape index (κ2) is 7.18. The SMILES string of the molecule is COCCNCc1cnc(N2CCC(C(C)(C)C)C2)nc1. The summed E-state index contributed by atoms with van der Waals surface area (Å²) in [5.41, 5.74) is 1.47. The summed E-state index contributed by atoms with van der Waals surface area (Å²) in [4.78, 5) is 11.3. The van der Waals surface area contributed by atoms with Crippen LogP contribution in [-0.2, 0) is 11.3 Å². The van der Waals surface area contributed by atoms with Crippen molar-refractivity contribution >= 4 is 5.95 Å². The molecule has 5 nitrogen and oxygen atoms in total. The largest absolute Gasteiger partial charge is 0.383 e. The molecule has 1 saturated heterocycles. The van der Waals surface area contributed by atoms with Crippen molar-refractivity contribution in [1.29, 1.82) is 0 Å². The summed E-state index contributed by atoms with van der Waals surface area (Å²) in [6, 6.07) is 0. The first-order chi connectivity index (χ1) is 10.0. The van der Waals surface area contributed by atoms with E-state index in [1.54, 1.807) is 7.11 Å². The van der Waals surface area contributed by atoms with Gasteiger partial charge in [-0.1, -0.05) is 20.8 Å². The number of rotatable bonds is 6. The van der Waals surface area contributed by atoms with Gasteiger partial charge in [-0.2, -0.15) is 0 Å². The highest BCUT2D eigenvalue weighted by Crippen LogP contribution is 2.34. The normalized spacial score (nSPS) is 19.2. The van der Waals surface area contributed by atoms with E-state index >= 15 is 0 Å². The first-order valence-electron chi connectivity index (χ1n) is 7.76. The van der Waals surface area contributed by atoms with Crippen molar-refractivity contribution in [1.82, 2.24) is 15.3 Å². The van der Waals surface area contributed by atoms with Crippen LogP contribution < -0.4 is 10.2 Å². The number of nitrogens with zero attached hydrogens (tertiary/aromatic N) is 3. The molecule has 2 rings (SSSR count). The molecule has 2 heterocycles.